The van der Waals surface area contributed by atoms with Gasteiger partial charge in [-0.3, -0.25) is 4.79 Å². The van der Waals surface area contributed by atoms with Crippen LogP contribution in [0.2, 0.25) is 0 Å². The minimum absolute atomic E-state index is 0.00687. The van der Waals surface area contributed by atoms with E-state index in [2.05, 4.69) is 25.0 Å². The third-order valence-corrected chi connectivity index (χ3v) is 6.29. The fourth-order valence-corrected chi connectivity index (χ4v) is 4.32. The Hall–Kier alpha value is -4.57. The Kier molecular flexibility index (Phi) is 5.48. The standard InChI is InChI=1S/C24H17N5O4S/c30-23(19-15-21(22-7-3-14-33-22)28-20-6-2-1-5-18(19)20)27-16-8-10-17(11-9-16)34(31,32)29-24-25-12-4-13-26-24/h1-15H,(H,27,30)(H,25,26,29). The van der Waals surface area contributed by atoms with Crippen LogP contribution in [0.25, 0.3) is 22.4 Å². The number of pyridine rings is 1. The molecule has 0 aliphatic rings. The Labute approximate surface area is 194 Å². The molecule has 0 fully saturated rings. The largest absolute Gasteiger partial charge is 0.463 e. The van der Waals surface area contributed by atoms with Crippen molar-refractivity contribution in [2.24, 2.45) is 0 Å². The number of carbonyl (C=O) groups is 1. The monoisotopic (exact) mass is 471 g/mol. The maximum atomic E-state index is 13.2. The molecule has 2 N–H and O–H groups in total. The lowest BCUT2D eigenvalue weighted by atomic mass is 10.1. The molecule has 0 atom stereocenters. The van der Waals surface area contributed by atoms with Gasteiger partial charge in [0.25, 0.3) is 15.9 Å². The van der Waals surface area contributed by atoms with Crippen LogP contribution in [0.3, 0.4) is 0 Å². The number of furan rings is 1. The second kappa shape index (κ2) is 8.75. The van der Waals surface area contributed by atoms with Crippen LogP contribution >= 0.6 is 0 Å². The summed E-state index contributed by atoms with van der Waals surface area (Å²) in [6.45, 7) is 0. The number of anilines is 2. The number of carbonyl (C=O) groups excluding carboxylic acids is 1. The quantitative estimate of drug-likeness (QED) is 0.377. The van der Waals surface area contributed by atoms with Crippen LogP contribution in [0, 0.1) is 0 Å². The van der Waals surface area contributed by atoms with E-state index in [9.17, 15) is 13.2 Å². The van der Waals surface area contributed by atoms with E-state index in [-0.39, 0.29) is 16.8 Å². The fraction of sp³-hybridized carbons (Fsp3) is 0. The van der Waals surface area contributed by atoms with Gasteiger partial charge in [0.05, 0.1) is 22.2 Å². The van der Waals surface area contributed by atoms with Crippen molar-refractivity contribution in [1.82, 2.24) is 15.0 Å². The molecule has 10 heteroatoms. The molecule has 3 aromatic heterocycles. The minimum atomic E-state index is -3.88. The number of aromatic nitrogens is 3. The van der Waals surface area contributed by atoms with E-state index in [0.29, 0.717) is 33.6 Å². The summed E-state index contributed by atoms with van der Waals surface area (Å²) in [4.78, 5) is 25.5. The number of fused-ring (bicyclic) bond motifs is 1. The summed E-state index contributed by atoms with van der Waals surface area (Å²) in [6, 6.07) is 19.9. The summed E-state index contributed by atoms with van der Waals surface area (Å²) in [6.07, 6.45) is 4.41. The first kappa shape index (κ1) is 21.3. The van der Waals surface area contributed by atoms with Crippen molar-refractivity contribution in [3.63, 3.8) is 0 Å². The molecule has 0 unspecified atom stereocenters. The van der Waals surface area contributed by atoms with Gasteiger partial charge in [0, 0.05) is 23.5 Å². The molecule has 34 heavy (non-hydrogen) atoms. The van der Waals surface area contributed by atoms with Crippen molar-refractivity contribution >= 4 is 38.5 Å². The Morgan fingerprint density at radius 2 is 1.65 bits per heavy atom. The second-order valence-corrected chi connectivity index (χ2v) is 8.89. The highest BCUT2D eigenvalue weighted by Gasteiger charge is 2.17. The van der Waals surface area contributed by atoms with Crippen molar-refractivity contribution < 1.29 is 17.6 Å². The Morgan fingerprint density at radius 3 is 2.38 bits per heavy atom. The van der Waals surface area contributed by atoms with Gasteiger partial charge >= 0.3 is 0 Å². The molecule has 1 amide bonds. The lowest BCUT2D eigenvalue weighted by molar-refractivity contribution is 0.102. The van der Waals surface area contributed by atoms with Crippen molar-refractivity contribution in [3.8, 4) is 11.5 Å². The summed E-state index contributed by atoms with van der Waals surface area (Å²) in [7, 11) is -3.88. The molecule has 0 saturated heterocycles. The van der Waals surface area contributed by atoms with Crippen molar-refractivity contribution in [2.45, 2.75) is 4.90 Å². The number of benzene rings is 2. The van der Waals surface area contributed by atoms with E-state index in [0.717, 1.165) is 0 Å². The summed E-state index contributed by atoms with van der Waals surface area (Å²) in [5, 5.41) is 3.50. The van der Waals surface area contributed by atoms with E-state index in [1.54, 1.807) is 30.5 Å². The van der Waals surface area contributed by atoms with Gasteiger partial charge in [0.2, 0.25) is 5.95 Å². The number of nitrogens with one attached hydrogen (secondary N) is 2. The molecule has 0 radical (unpaired) electrons. The van der Waals surface area contributed by atoms with Crippen LogP contribution in [0.5, 0.6) is 0 Å². The average molecular weight is 471 g/mol. The first-order valence-electron chi connectivity index (χ1n) is 10.1. The van der Waals surface area contributed by atoms with E-state index < -0.39 is 10.0 Å². The number of hydrogen-bond acceptors (Lipinski definition) is 7. The molecule has 0 aliphatic carbocycles. The normalized spacial score (nSPS) is 11.3. The van der Waals surface area contributed by atoms with Crippen LogP contribution in [-0.2, 0) is 10.0 Å². The van der Waals surface area contributed by atoms with Gasteiger partial charge in [-0.25, -0.2) is 28.1 Å². The van der Waals surface area contributed by atoms with Crippen molar-refractivity contribution in [2.75, 3.05) is 10.0 Å². The summed E-state index contributed by atoms with van der Waals surface area (Å²) in [5.74, 6) is 0.152. The molecule has 0 aliphatic heterocycles. The smallest absolute Gasteiger partial charge is 0.264 e. The predicted octanol–water partition coefficient (Wildman–Crippen LogP) is 4.34. The van der Waals surface area contributed by atoms with Crippen LogP contribution in [0.15, 0.2) is 101 Å². The average Bonchev–Trinajstić information content (AvgIpc) is 3.39. The predicted molar refractivity (Wildman–Crippen MR) is 127 cm³/mol. The number of rotatable bonds is 6. The van der Waals surface area contributed by atoms with Gasteiger partial charge in [0.15, 0.2) is 5.76 Å². The summed E-state index contributed by atoms with van der Waals surface area (Å²) >= 11 is 0. The van der Waals surface area contributed by atoms with Gasteiger partial charge in [-0.1, -0.05) is 18.2 Å². The van der Waals surface area contributed by atoms with E-state index in [4.69, 9.17) is 4.42 Å². The number of amides is 1. The highest BCUT2D eigenvalue weighted by Crippen LogP contribution is 2.26. The molecule has 0 saturated carbocycles. The summed E-state index contributed by atoms with van der Waals surface area (Å²) in [5.41, 5.74) is 2.03. The Bertz CT molecular complexity index is 1570. The lowest BCUT2D eigenvalue weighted by Gasteiger charge is -2.11. The maximum Gasteiger partial charge on any atom is 0.264 e. The van der Waals surface area contributed by atoms with Gasteiger partial charge < -0.3 is 9.73 Å². The number of sulfonamides is 1. The Morgan fingerprint density at radius 1 is 0.882 bits per heavy atom. The highest BCUT2D eigenvalue weighted by atomic mass is 32.2. The first-order valence-corrected chi connectivity index (χ1v) is 11.6. The molecule has 0 spiro atoms. The molecular weight excluding hydrogens is 454 g/mol. The van der Waals surface area contributed by atoms with Crippen molar-refractivity contribution in [1.29, 1.82) is 0 Å². The zero-order valence-electron chi connectivity index (χ0n) is 17.5. The minimum Gasteiger partial charge on any atom is -0.463 e. The van der Waals surface area contributed by atoms with Crippen molar-refractivity contribution in [3.05, 3.63) is 97.0 Å². The third kappa shape index (κ3) is 4.34. The van der Waals surface area contributed by atoms with Gasteiger partial charge in [-0.2, -0.15) is 0 Å². The molecule has 9 nitrogen and oxygen atoms in total. The van der Waals surface area contributed by atoms with E-state index in [1.165, 1.54) is 36.7 Å². The number of hydrogen-bond donors (Lipinski definition) is 2. The SMILES string of the molecule is O=C(Nc1ccc(S(=O)(=O)Nc2ncccn2)cc1)c1cc(-c2ccco2)nc2ccccc12. The van der Waals surface area contributed by atoms with Crippen LogP contribution in [-0.4, -0.2) is 29.3 Å². The topological polar surface area (TPSA) is 127 Å². The first-order chi connectivity index (χ1) is 16.5. The number of nitrogens with zero attached hydrogens (tertiary/aromatic N) is 3. The molecule has 5 rings (SSSR count). The molecule has 168 valence electrons. The van der Waals surface area contributed by atoms with Gasteiger partial charge in [-0.05, 0) is 54.6 Å². The molecule has 5 aromatic rings. The lowest BCUT2D eigenvalue weighted by Crippen LogP contribution is -2.15. The Balaban J connectivity index is 1.41. The van der Waals surface area contributed by atoms with E-state index >= 15 is 0 Å². The molecular formula is C24H17N5O4S. The van der Waals surface area contributed by atoms with Crippen LogP contribution in [0.1, 0.15) is 10.4 Å². The van der Waals surface area contributed by atoms with E-state index in [1.807, 2.05) is 24.3 Å². The zero-order valence-corrected chi connectivity index (χ0v) is 18.4. The molecule has 3 heterocycles. The number of para-hydroxylation sites is 1. The molecule has 0 bridgehead atoms. The van der Waals surface area contributed by atoms with Gasteiger partial charge in [-0.15, -0.1) is 0 Å². The third-order valence-electron chi connectivity index (χ3n) is 4.95. The maximum absolute atomic E-state index is 13.2. The zero-order chi connectivity index (χ0) is 23.5. The van der Waals surface area contributed by atoms with Gasteiger partial charge in [0.1, 0.15) is 5.69 Å². The fourth-order valence-electron chi connectivity index (χ4n) is 3.36. The highest BCUT2D eigenvalue weighted by molar-refractivity contribution is 7.92. The second-order valence-electron chi connectivity index (χ2n) is 7.21. The van der Waals surface area contributed by atoms with Crippen LogP contribution in [0.4, 0.5) is 11.6 Å². The molecule has 2 aromatic carbocycles. The van der Waals surface area contributed by atoms with Crippen LogP contribution < -0.4 is 10.0 Å². The summed E-state index contributed by atoms with van der Waals surface area (Å²) < 4.78 is 32.9.